The van der Waals surface area contributed by atoms with Crippen molar-refractivity contribution in [1.29, 1.82) is 0 Å². The Morgan fingerprint density at radius 2 is 1.80 bits per heavy atom. The Labute approximate surface area is 94.5 Å². The monoisotopic (exact) mass is 213 g/mol. The molecule has 0 spiro atoms. The van der Waals surface area contributed by atoms with Gasteiger partial charge in [-0.05, 0) is 37.6 Å². The van der Waals surface area contributed by atoms with Crippen LogP contribution in [0, 0.1) is 17.8 Å². The van der Waals surface area contributed by atoms with Crippen molar-refractivity contribution in [3.05, 3.63) is 0 Å². The molecule has 2 nitrogen and oxygen atoms in total. The average molecular weight is 213 g/mol. The summed E-state index contributed by atoms with van der Waals surface area (Å²) >= 11 is 0. The molecule has 0 heterocycles. The first-order valence-corrected chi connectivity index (χ1v) is 6.48. The summed E-state index contributed by atoms with van der Waals surface area (Å²) in [5.41, 5.74) is 0. The van der Waals surface area contributed by atoms with E-state index in [1.807, 2.05) is 7.05 Å². The first-order valence-electron chi connectivity index (χ1n) is 6.48. The second-order valence-corrected chi connectivity index (χ2v) is 5.30. The molecule has 15 heavy (non-hydrogen) atoms. The molecule has 90 valence electrons. The van der Waals surface area contributed by atoms with Gasteiger partial charge in [-0.15, -0.1) is 0 Å². The third kappa shape index (κ3) is 3.46. The highest BCUT2D eigenvalue weighted by atomic mass is 16.3. The zero-order valence-corrected chi connectivity index (χ0v) is 10.5. The van der Waals surface area contributed by atoms with E-state index < -0.39 is 0 Å². The molecule has 2 heteroatoms. The standard InChI is InChI=1S/C13H27NO/c1-10(2)12(9-15)13(14-3)11-7-5-4-6-8-11/h10-15H,4-9H2,1-3H3. The minimum absolute atomic E-state index is 0.319. The van der Waals surface area contributed by atoms with Gasteiger partial charge in [0.1, 0.15) is 0 Å². The molecule has 0 saturated heterocycles. The highest BCUT2D eigenvalue weighted by Crippen LogP contribution is 2.31. The van der Waals surface area contributed by atoms with E-state index in [0.717, 1.165) is 5.92 Å². The van der Waals surface area contributed by atoms with E-state index in [9.17, 15) is 5.11 Å². The number of hydrogen-bond acceptors (Lipinski definition) is 2. The van der Waals surface area contributed by atoms with Crippen molar-refractivity contribution in [3.8, 4) is 0 Å². The van der Waals surface area contributed by atoms with Gasteiger partial charge in [0.15, 0.2) is 0 Å². The zero-order chi connectivity index (χ0) is 11.3. The molecule has 2 atom stereocenters. The molecule has 0 bridgehead atoms. The fourth-order valence-electron chi connectivity index (χ4n) is 3.03. The predicted molar refractivity (Wildman–Crippen MR) is 64.8 cm³/mol. The molecule has 0 aliphatic heterocycles. The van der Waals surface area contributed by atoms with Crippen LogP contribution >= 0.6 is 0 Å². The van der Waals surface area contributed by atoms with Gasteiger partial charge < -0.3 is 10.4 Å². The van der Waals surface area contributed by atoms with Crippen LogP contribution < -0.4 is 5.32 Å². The number of aliphatic hydroxyl groups excluding tert-OH is 1. The maximum Gasteiger partial charge on any atom is 0.0476 e. The number of nitrogens with one attached hydrogen (secondary N) is 1. The van der Waals surface area contributed by atoms with E-state index in [1.165, 1.54) is 32.1 Å². The normalized spacial score (nSPS) is 23.0. The van der Waals surface area contributed by atoms with Crippen molar-refractivity contribution in [3.63, 3.8) is 0 Å². The van der Waals surface area contributed by atoms with Crippen molar-refractivity contribution in [2.45, 2.75) is 52.0 Å². The summed E-state index contributed by atoms with van der Waals surface area (Å²) in [6, 6.07) is 0.510. The first kappa shape index (κ1) is 13.0. The van der Waals surface area contributed by atoms with E-state index in [1.54, 1.807) is 0 Å². The third-order valence-electron chi connectivity index (χ3n) is 4.02. The summed E-state index contributed by atoms with van der Waals surface area (Å²) in [5, 5.41) is 12.9. The topological polar surface area (TPSA) is 32.3 Å². The minimum Gasteiger partial charge on any atom is -0.396 e. The first-order chi connectivity index (χ1) is 7.20. The molecule has 0 amide bonds. The van der Waals surface area contributed by atoms with Crippen molar-refractivity contribution in [2.24, 2.45) is 17.8 Å². The summed E-state index contributed by atoms with van der Waals surface area (Å²) in [6.07, 6.45) is 6.83. The van der Waals surface area contributed by atoms with Crippen molar-refractivity contribution in [1.82, 2.24) is 5.32 Å². The van der Waals surface area contributed by atoms with Crippen LogP contribution in [0.3, 0.4) is 0 Å². The zero-order valence-electron chi connectivity index (χ0n) is 10.5. The average Bonchev–Trinajstić information content (AvgIpc) is 2.26. The molecule has 0 radical (unpaired) electrons. The molecule has 0 aromatic rings. The molecule has 1 aliphatic carbocycles. The number of aliphatic hydroxyl groups is 1. The fraction of sp³-hybridized carbons (Fsp3) is 1.00. The van der Waals surface area contributed by atoms with Gasteiger partial charge >= 0.3 is 0 Å². The van der Waals surface area contributed by atoms with Crippen LogP contribution in [0.15, 0.2) is 0 Å². The molecule has 2 N–H and O–H groups in total. The van der Waals surface area contributed by atoms with E-state index in [0.29, 0.717) is 24.5 Å². The Morgan fingerprint density at radius 3 is 2.20 bits per heavy atom. The third-order valence-corrected chi connectivity index (χ3v) is 4.02. The molecule has 0 aromatic carbocycles. The lowest BCUT2D eigenvalue weighted by Gasteiger charge is -2.36. The van der Waals surface area contributed by atoms with Gasteiger partial charge in [-0.2, -0.15) is 0 Å². The summed E-state index contributed by atoms with van der Waals surface area (Å²) in [7, 11) is 2.05. The molecule has 1 aliphatic rings. The molecule has 1 rings (SSSR count). The lowest BCUT2D eigenvalue weighted by Crippen LogP contribution is -2.44. The van der Waals surface area contributed by atoms with Crippen LogP contribution in [0.4, 0.5) is 0 Å². The number of rotatable bonds is 5. The fourth-order valence-corrected chi connectivity index (χ4v) is 3.03. The van der Waals surface area contributed by atoms with Gasteiger partial charge in [-0.25, -0.2) is 0 Å². The summed E-state index contributed by atoms with van der Waals surface area (Å²) < 4.78 is 0. The second kappa shape index (κ2) is 6.49. The highest BCUT2D eigenvalue weighted by Gasteiger charge is 2.30. The largest absolute Gasteiger partial charge is 0.396 e. The van der Waals surface area contributed by atoms with Gasteiger partial charge in [-0.3, -0.25) is 0 Å². The smallest absolute Gasteiger partial charge is 0.0476 e. The molecule has 2 unspecified atom stereocenters. The SMILES string of the molecule is CNC(C1CCCCC1)C(CO)C(C)C. The number of hydrogen-bond donors (Lipinski definition) is 2. The Balaban J connectivity index is 2.58. The highest BCUT2D eigenvalue weighted by molar-refractivity contribution is 4.85. The Morgan fingerprint density at radius 1 is 1.20 bits per heavy atom. The Kier molecular flexibility index (Phi) is 5.62. The molecular weight excluding hydrogens is 186 g/mol. The van der Waals surface area contributed by atoms with Gasteiger partial charge in [0.2, 0.25) is 0 Å². The Bertz CT molecular complexity index is 164. The Hall–Kier alpha value is -0.0800. The van der Waals surface area contributed by atoms with Crippen LogP contribution in [-0.4, -0.2) is 24.8 Å². The van der Waals surface area contributed by atoms with E-state index in [4.69, 9.17) is 0 Å². The van der Waals surface area contributed by atoms with Gasteiger partial charge in [0.25, 0.3) is 0 Å². The lowest BCUT2D eigenvalue weighted by molar-refractivity contribution is 0.111. The quantitative estimate of drug-likeness (QED) is 0.735. The van der Waals surface area contributed by atoms with E-state index >= 15 is 0 Å². The molecule has 1 fully saturated rings. The van der Waals surface area contributed by atoms with Crippen LogP contribution in [0.5, 0.6) is 0 Å². The molecular formula is C13H27NO. The van der Waals surface area contributed by atoms with Gasteiger partial charge in [-0.1, -0.05) is 33.1 Å². The minimum atomic E-state index is 0.319. The summed E-state index contributed by atoms with van der Waals surface area (Å²) in [6.45, 7) is 4.75. The van der Waals surface area contributed by atoms with E-state index in [2.05, 4.69) is 19.2 Å². The van der Waals surface area contributed by atoms with Crippen molar-refractivity contribution in [2.75, 3.05) is 13.7 Å². The lowest BCUT2D eigenvalue weighted by atomic mass is 9.75. The van der Waals surface area contributed by atoms with Crippen LogP contribution in [-0.2, 0) is 0 Å². The van der Waals surface area contributed by atoms with Crippen LogP contribution in [0.25, 0.3) is 0 Å². The van der Waals surface area contributed by atoms with E-state index in [-0.39, 0.29) is 0 Å². The second-order valence-electron chi connectivity index (χ2n) is 5.30. The van der Waals surface area contributed by atoms with Crippen LogP contribution in [0.1, 0.15) is 46.0 Å². The maximum atomic E-state index is 9.49. The molecule has 0 aromatic heterocycles. The van der Waals surface area contributed by atoms with Gasteiger partial charge in [0, 0.05) is 12.6 Å². The van der Waals surface area contributed by atoms with Gasteiger partial charge in [0.05, 0.1) is 0 Å². The van der Waals surface area contributed by atoms with Crippen molar-refractivity contribution < 1.29 is 5.11 Å². The summed E-state index contributed by atoms with van der Waals surface area (Å²) in [4.78, 5) is 0. The summed E-state index contributed by atoms with van der Waals surface area (Å²) in [5.74, 6) is 1.76. The van der Waals surface area contributed by atoms with Crippen LogP contribution in [0.2, 0.25) is 0 Å². The molecule has 1 saturated carbocycles. The maximum absolute atomic E-state index is 9.49. The predicted octanol–water partition coefficient (Wildman–Crippen LogP) is 2.42. The van der Waals surface area contributed by atoms with Crippen molar-refractivity contribution >= 4 is 0 Å².